The summed E-state index contributed by atoms with van der Waals surface area (Å²) in [4.78, 5) is 12.1. The third kappa shape index (κ3) is 4.73. The second-order valence-electron chi connectivity index (χ2n) is 5.37. The van der Waals surface area contributed by atoms with Crippen molar-refractivity contribution in [3.63, 3.8) is 0 Å². The van der Waals surface area contributed by atoms with Crippen LogP contribution in [0.15, 0.2) is 48.5 Å². The van der Waals surface area contributed by atoms with E-state index in [1.807, 2.05) is 0 Å². The predicted molar refractivity (Wildman–Crippen MR) is 81.4 cm³/mol. The minimum absolute atomic E-state index is 0.114. The van der Waals surface area contributed by atoms with Gasteiger partial charge in [0.25, 0.3) is 5.91 Å². The lowest BCUT2D eigenvalue weighted by atomic mass is 9.96. The number of nitrogens with one attached hydrogen (secondary N) is 1. The third-order valence-corrected chi connectivity index (χ3v) is 3.38. The molecule has 1 unspecified atom stereocenters. The number of benzene rings is 2. The molecule has 0 aliphatic heterocycles. The second kappa shape index (κ2) is 7.35. The molecule has 0 fully saturated rings. The van der Waals surface area contributed by atoms with Gasteiger partial charge >= 0.3 is 6.61 Å². The monoisotopic (exact) mass is 339 g/mol. The number of amides is 1. The number of alkyl halides is 2. The maximum Gasteiger partial charge on any atom is 0.387 e. The van der Waals surface area contributed by atoms with Crippen LogP contribution < -0.4 is 10.1 Å². The topological polar surface area (TPSA) is 58.6 Å². The first-order valence-electron chi connectivity index (χ1n) is 7.09. The van der Waals surface area contributed by atoms with E-state index in [1.54, 1.807) is 0 Å². The Balaban J connectivity index is 2.03. The van der Waals surface area contributed by atoms with E-state index in [4.69, 9.17) is 0 Å². The second-order valence-corrected chi connectivity index (χ2v) is 5.37. The zero-order valence-electron chi connectivity index (χ0n) is 12.8. The molecule has 0 aromatic heterocycles. The summed E-state index contributed by atoms with van der Waals surface area (Å²) in [7, 11) is 0. The van der Waals surface area contributed by atoms with Crippen molar-refractivity contribution in [2.24, 2.45) is 0 Å². The average molecular weight is 339 g/mol. The quantitative estimate of drug-likeness (QED) is 0.850. The number of carbonyl (C=O) groups excluding carboxylic acids is 1. The van der Waals surface area contributed by atoms with Gasteiger partial charge in [-0.3, -0.25) is 4.79 Å². The maximum atomic E-state index is 12.9. The molecule has 128 valence electrons. The Hall–Kier alpha value is -2.54. The van der Waals surface area contributed by atoms with Crippen molar-refractivity contribution in [2.45, 2.75) is 19.1 Å². The molecule has 7 heteroatoms. The molecular formula is C17H16F3NO3. The number of halogens is 3. The summed E-state index contributed by atoms with van der Waals surface area (Å²) in [6.45, 7) is -1.66. The molecule has 4 nitrogen and oxygen atoms in total. The number of hydrogen-bond acceptors (Lipinski definition) is 3. The standard InChI is InChI=1S/C17H16F3NO3/c1-17(23,12-5-7-13(18)8-6-12)10-21-15(22)11-3-2-4-14(9-11)24-16(19)20/h2-9,16,23H,10H2,1H3,(H,21,22). The van der Waals surface area contributed by atoms with Crippen LogP contribution in [0.2, 0.25) is 0 Å². The van der Waals surface area contributed by atoms with Crippen LogP contribution in [0.25, 0.3) is 0 Å². The van der Waals surface area contributed by atoms with Crippen LogP contribution in [0.1, 0.15) is 22.8 Å². The molecule has 0 heterocycles. The molecule has 0 aliphatic carbocycles. The molecule has 1 atom stereocenters. The van der Waals surface area contributed by atoms with Crippen molar-refractivity contribution in [3.8, 4) is 5.75 Å². The minimum Gasteiger partial charge on any atom is -0.435 e. The Morgan fingerprint density at radius 1 is 1.25 bits per heavy atom. The molecule has 0 saturated carbocycles. The molecule has 2 N–H and O–H groups in total. The van der Waals surface area contributed by atoms with E-state index in [2.05, 4.69) is 10.1 Å². The molecule has 0 aliphatic rings. The number of carbonyl (C=O) groups is 1. The summed E-state index contributed by atoms with van der Waals surface area (Å²) in [6.07, 6.45) is 0. The van der Waals surface area contributed by atoms with E-state index in [0.29, 0.717) is 5.56 Å². The van der Waals surface area contributed by atoms with Crippen molar-refractivity contribution in [2.75, 3.05) is 6.54 Å². The minimum atomic E-state index is -2.98. The SMILES string of the molecule is CC(O)(CNC(=O)c1cccc(OC(F)F)c1)c1ccc(F)cc1. The van der Waals surface area contributed by atoms with Crippen LogP contribution in [0, 0.1) is 5.82 Å². The first-order valence-corrected chi connectivity index (χ1v) is 7.09. The Bertz CT molecular complexity index is 702. The number of aliphatic hydroxyl groups is 1. The first-order chi connectivity index (χ1) is 11.3. The molecule has 0 spiro atoms. The first kappa shape index (κ1) is 17.8. The highest BCUT2D eigenvalue weighted by Gasteiger charge is 2.24. The molecule has 2 rings (SSSR count). The van der Waals surface area contributed by atoms with Crippen LogP contribution >= 0.6 is 0 Å². The van der Waals surface area contributed by atoms with Gasteiger partial charge in [0.15, 0.2) is 0 Å². The molecule has 24 heavy (non-hydrogen) atoms. The maximum absolute atomic E-state index is 12.9. The van der Waals surface area contributed by atoms with Crippen molar-refractivity contribution in [3.05, 3.63) is 65.5 Å². The van der Waals surface area contributed by atoms with Gasteiger partial charge in [0.05, 0.1) is 6.54 Å². The van der Waals surface area contributed by atoms with Crippen LogP contribution in [-0.2, 0) is 5.60 Å². The van der Waals surface area contributed by atoms with Crippen LogP contribution in [0.3, 0.4) is 0 Å². The molecule has 1 amide bonds. The lowest BCUT2D eigenvalue weighted by molar-refractivity contribution is -0.0498. The molecule has 0 saturated heterocycles. The van der Waals surface area contributed by atoms with Crippen molar-refractivity contribution in [1.82, 2.24) is 5.32 Å². The van der Waals surface area contributed by atoms with Crippen molar-refractivity contribution >= 4 is 5.91 Å². The van der Waals surface area contributed by atoms with Crippen molar-refractivity contribution in [1.29, 1.82) is 0 Å². The summed E-state index contributed by atoms with van der Waals surface area (Å²) in [6, 6.07) is 10.6. The molecule has 2 aromatic carbocycles. The van der Waals surface area contributed by atoms with E-state index in [-0.39, 0.29) is 17.9 Å². The highest BCUT2D eigenvalue weighted by atomic mass is 19.3. The largest absolute Gasteiger partial charge is 0.435 e. The lowest BCUT2D eigenvalue weighted by Crippen LogP contribution is -2.38. The van der Waals surface area contributed by atoms with Gasteiger partial charge in [-0.25, -0.2) is 4.39 Å². The fourth-order valence-corrected chi connectivity index (χ4v) is 2.08. The number of rotatable bonds is 6. The Kier molecular flexibility index (Phi) is 5.46. The van der Waals surface area contributed by atoms with E-state index >= 15 is 0 Å². The molecule has 0 bridgehead atoms. The van der Waals surface area contributed by atoms with Crippen LogP contribution in [0.5, 0.6) is 5.75 Å². The van der Waals surface area contributed by atoms with Crippen LogP contribution in [0.4, 0.5) is 13.2 Å². The summed E-state index contributed by atoms with van der Waals surface area (Å²) in [5.41, 5.74) is -0.873. The molecular weight excluding hydrogens is 323 g/mol. The third-order valence-electron chi connectivity index (χ3n) is 3.38. The lowest BCUT2D eigenvalue weighted by Gasteiger charge is -2.24. The normalized spacial score (nSPS) is 13.4. The zero-order chi connectivity index (χ0) is 17.7. The van der Waals surface area contributed by atoms with Gasteiger partial charge in [0, 0.05) is 5.56 Å². The fraction of sp³-hybridized carbons (Fsp3) is 0.235. The van der Waals surface area contributed by atoms with Crippen molar-refractivity contribution < 1.29 is 27.8 Å². The van der Waals surface area contributed by atoms with Gasteiger partial charge in [0.2, 0.25) is 0 Å². The van der Waals surface area contributed by atoms with E-state index in [9.17, 15) is 23.1 Å². The predicted octanol–water partition coefficient (Wildman–Crippen LogP) is 3.06. The highest BCUT2D eigenvalue weighted by molar-refractivity contribution is 5.94. The van der Waals surface area contributed by atoms with E-state index < -0.39 is 23.9 Å². The summed E-state index contributed by atoms with van der Waals surface area (Å²) in [5.74, 6) is -1.13. The fourth-order valence-electron chi connectivity index (χ4n) is 2.08. The van der Waals surface area contributed by atoms with E-state index in [1.165, 1.54) is 55.5 Å². The van der Waals surface area contributed by atoms with Gasteiger partial charge in [-0.05, 0) is 42.8 Å². The molecule has 2 aromatic rings. The average Bonchev–Trinajstić information content (AvgIpc) is 2.53. The van der Waals surface area contributed by atoms with E-state index in [0.717, 1.165) is 0 Å². The van der Waals surface area contributed by atoms with Gasteiger partial charge in [0.1, 0.15) is 17.2 Å². The summed E-state index contributed by atoms with van der Waals surface area (Å²) >= 11 is 0. The Morgan fingerprint density at radius 2 is 1.92 bits per heavy atom. The Morgan fingerprint density at radius 3 is 2.54 bits per heavy atom. The molecule has 0 radical (unpaired) electrons. The number of hydrogen-bond donors (Lipinski definition) is 2. The van der Waals surface area contributed by atoms with Gasteiger partial charge in [-0.1, -0.05) is 18.2 Å². The van der Waals surface area contributed by atoms with Gasteiger partial charge in [-0.15, -0.1) is 0 Å². The Labute approximate surface area is 136 Å². The highest BCUT2D eigenvalue weighted by Crippen LogP contribution is 2.20. The summed E-state index contributed by atoms with van der Waals surface area (Å²) in [5, 5.41) is 12.9. The van der Waals surface area contributed by atoms with Gasteiger partial charge in [-0.2, -0.15) is 8.78 Å². The summed E-state index contributed by atoms with van der Waals surface area (Å²) < 4.78 is 41.5. The zero-order valence-corrected chi connectivity index (χ0v) is 12.8. The van der Waals surface area contributed by atoms with Crippen LogP contribution in [-0.4, -0.2) is 24.2 Å². The van der Waals surface area contributed by atoms with Gasteiger partial charge < -0.3 is 15.2 Å². The number of ether oxygens (including phenoxy) is 1. The smallest absolute Gasteiger partial charge is 0.387 e.